The van der Waals surface area contributed by atoms with Crippen molar-refractivity contribution in [1.82, 2.24) is 19.8 Å². The summed E-state index contributed by atoms with van der Waals surface area (Å²) in [6, 6.07) is 10.2. The Balaban J connectivity index is 1.29. The minimum atomic E-state index is -0.325. The number of hydrogen-bond acceptors (Lipinski definition) is 8. The maximum absolute atomic E-state index is 12.7. The van der Waals surface area contributed by atoms with Gasteiger partial charge in [-0.3, -0.25) is 4.79 Å². The molecule has 1 aromatic carbocycles. The number of halogens is 1. The molecule has 188 valence electrons. The highest BCUT2D eigenvalue weighted by atomic mass is 35.5. The monoisotopic (exact) mass is 518 g/mol. The Morgan fingerprint density at radius 3 is 2.31 bits per heavy atom. The average Bonchev–Trinajstić information content (AvgIpc) is 2.87. The molecule has 1 aromatic heterocycles. The molecule has 0 unspecified atom stereocenters. The van der Waals surface area contributed by atoms with Crippen molar-refractivity contribution < 1.29 is 14.3 Å². The number of aromatic nitrogens is 2. The van der Waals surface area contributed by atoms with Gasteiger partial charge in [0.15, 0.2) is 5.16 Å². The summed E-state index contributed by atoms with van der Waals surface area (Å²) in [6.07, 6.45) is -0.325. The molecule has 35 heavy (non-hydrogen) atoms. The van der Waals surface area contributed by atoms with Gasteiger partial charge in [-0.1, -0.05) is 41.6 Å². The zero-order chi connectivity index (χ0) is 24.8. The molecule has 0 bridgehead atoms. The number of carbonyl (C=O) groups is 2. The molecule has 2 fully saturated rings. The van der Waals surface area contributed by atoms with Crippen LogP contribution in [-0.4, -0.2) is 96.5 Å². The zero-order valence-corrected chi connectivity index (χ0v) is 21.7. The van der Waals surface area contributed by atoms with E-state index >= 15 is 0 Å². The van der Waals surface area contributed by atoms with Crippen LogP contribution in [0.3, 0.4) is 0 Å². The number of piperazine rings is 2. The van der Waals surface area contributed by atoms with Crippen molar-refractivity contribution in [1.29, 1.82) is 0 Å². The Morgan fingerprint density at radius 2 is 1.63 bits per heavy atom. The molecular formula is C24H31ClN6O3S. The lowest BCUT2D eigenvalue weighted by molar-refractivity contribution is -0.129. The maximum Gasteiger partial charge on any atom is 0.409 e. The number of anilines is 2. The number of ether oxygens (including phenoxy) is 1. The van der Waals surface area contributed by atoms with Crippen LogP contribution < -0.4 is 9.80 Å². The standard InChI is InChI=1S/C24H31ClN6O3S/c1-3-34-24(33)31-14-12-30(13-15-31)22(32)17-35-23-26-20(25)16-21(27-23)29-10-8-28(9-11-29)19-7-5-4-6-18(19)2/h4-7,16H,3,8-15,17H2,1-2H3. The van der Waals surface area contributed by atoms with Gasteiger partial charge in [0.25, 0.3) is 0 Å². The van der Waals surface area contributed by atoms with E-state index in [0.29, 0.717) is 43.1 Å². The molecule has 2 aliphatic heterocycles. The molecule has 4 rings (SSSR count). The van der Waals surface area contributed by atoms with Gasteiger partial charge in [-0.15, -0.1) is 0 Å². The van der Waals surface area contributed by atoms with E-state index in [2.05, 4.69) is 51.0 Å². The minimum Gasteiger partial charge on any atom is -0.450 e. The van der Waals surface area contributed by atoms with Crippen molar-refractivity contribution in [3.8, 4) is 0 Å². The van der Waals surface area contributed by atoms with Gasteiger partial charge in [0.2, 0.25) is 5.91 Å². The zero-order valence-electron chi connectivity index (χ0n) is 20.2. The van der Waals surface area contributed by atoms with E-state index in [1.54, 1.807) is 22.8 Å². The van der Waals surface area contributed by atoms with Crippen LogP contribution in [0, 0.1) is 6.92 Å². The van der Waals surface area contributed by atoms with Crippen molar-refractivity contribution >= 4 is 46.9 Å². The van der Waals surface area contributed by atoms with Crippen molar-refractivity contribution in [2.75, 3.05) is 74.5 Å². The average molecular weight is 519 g/mol. The Morgan fingerprint density at radius 1 is 0.971 bits per heavy atom. The Hall–Kier alpha value is -2.72. The van der Waals surface area contributed by atoms with Crippen molar-refractivity contribution in [2.24, 2.45) is 0 Å². The van der Waals surface area contributed by atoms with Gasteiger partial charge >= 0.3 is 6.09 Å². The first-order valence-electron chi connectivity index (χ1n) is 11.9. The van der Waals surface area contributed by atoms with E-state index < -0.39 is 0 Å². The van der Waals surface area contributed by atoms with Gasteiger partial charge in [-0.25, -0.2) is 14.8 Å². The first-order valence-corrected chi connectivity index (χ1v) is 13.2. The van der Waals surface area contributed by atoms with Crippen molar-refractivity contribution in [3.05, 3.63) is 41.0 Å². The number of thioether (sulfide) groups is 1. The predicted octanol–water partition coefficient (Wildman–Crippen LogP) is 3.16. The highest BCUT2D eigenvalue weighted by Gasteiger charge is 2.25. The maximum atomic E-state index is 12.7. The lowest BCUT2D eigenvalue weighted by Gasteiger charge is -2.37. The van der Waals surface area contributed by atoms with E-state index in [0.717, 1.165) is 32.0 Å². The quantitative estimate of drug-likeness (QED) is 0.328. The van der Waals surface area contributed by atoms with E-state index in [1.165, 1.54) is 23.0 Å². The number of carbonyl (C=O) groups excluding carboxylic acids is 2. The number of aryl methyl sites for hydroxylation is 1. The van der Waals surface area contributed by atoms with Crippen molar-refractivity contribution in [3.63, 3.8) is 0 Å². The van der Waals surface area contributed by atoms with Crippen LogP contribution in [0.2, 0.25) is 5.15 Å². The molecule has 9 nitrogen and oxygen atoms in total. The third-order valence-electron chi connectivity index (χ3n) is 6.20. The number of nitrogens with zero attached hydrogens (tertiary/aromatic N) is 6. The highest BCUT2D eigenvalue weighted by molar-refractivity contribution is 7.99. The molecule has 0 atom stereocenters. The molecule has 0 spiro atoms. The number of benzene rings is 1. The van der Waals surface area contributed by atoms with Crippen LogP contribution in [0.15, 0.2) is 35.5 Å². The summed E-state index contributed by atoms with van der Waals surface area (Å²) in [5.41, 5.74) is 2.54. The largest absolute Gasteiger partial charge is 0.450 e. The summed E-state index contributed by atoms with van der Waals surface area (Å²) in [5, 5.41) is 0.863. The molecule has 11 heteroatoms. The molecule has 0 N–H and O–H groups in total. The van der Waals surface area contributed by atoms with E-state index in [4.69, 9.17) is 16.3 Å². The summed E-state index contributed by atoms with van der Waals surface area (Å²) in [6.45, 7) is 9.64. The van der Waals surface area contributed by atoms with Gasteiger partial charge in [0, 0.05) is 64.1 Å². The molecule has 2 saturated heterocycles. The molecule has 0 aliphatic carbocycles. The fraction of sp³-hybridized carbons (Fsp3) is 0.500. The van der Waals surface area contributed by atoms with E-state index in [-0.39, 0.29) is 17.8 Å². The third-order valence-corrected chi connectivity index (χ3v) is 7.23. The normalized spacial score (nSPS) is 16.4. The van der Waals surface area contributed by atoms with Crippen LogP contribution in [0.1, 0.15) is 12.5 Å². The van der Waals surface area contributed by atoms with E-state index in [1.807, 2.05) is 0 Å². The van der Waals surface area contributed by atoms with Gasteiger partial charge < -0.3 is 24.3 Å². The van der Waals surface area contributed by atoms with Gasteiger partial charge in [0.05, 0.1) is 12.4 Å². The molecule has 3 heterocycles. The summed E-state index contributed by atoms with van der Waals surface area (Å²) in [5.74, 6) is 1.00. The highest BCUT2D eigenvalue weighted by Crippen LogP contribution is 2.25. The third kappa shape index (κ3) is 6.49. The first kappa shape index (κ1) is 25.4. The van der Waals surface area contributed by atoms with Crippen LogP contribution in [0.25, 0.3) is 0 Å². The minimum absolute atomic E-state index is 0.00419. The Labute approximate surface area is 215 Å². The van der Waals surface area contributed by atoms with Crippen LogP contribution in [-0.2, 0) is 9.53 Å². The van der Waals surface area contributed by atoms with Gasteiger partial charge in [0.1, 0.15) is 11.0 Å². The number of rotatable bonds is 6. The topological polar surface area (TPSA) is 82.1 Å². The van der Waals surface area contributed by atoms with Crippen LogP contribution >= 0.6 is 23.4 Å². The van der Waals surface area contributed by atoms with Gasteiger partial charge in [-0.2, -0.15) is 0 Å². The molecule has 2 amide bonds. The number of amides is 2. The summed E-state index contributed by atoms with van der Waals surface area (Å²) >= 11 is 7.59. The van der Waals surface area contributed by atoms with Gasteiger partial charge in [-0.05, 0) is 25.5 Å². The molecule has 0 saturated carbocycles. The Kier molecular flexibility index (Phi) is 8.56. The molecule has 2 aliphatic rings. The lowest BCUT2D eigenvalue weighted by atomic mass is 10.1. The number of para-hydroxylation sites is 1. The van der Waals surface area contributed by atoms with Crippen LogP contribution in [0.4, 0.5) is 16.3 Å². The lowest BCUT2D eigenvalue weighted by Crippen LogP contribution is -2.51. The molecule has 0 radical (unpaired) electrons. The summed E-state index contributed by atoms with van der Waals surface area (Å²) < 4.78 is 5.03. The predicted molar refractivity (Wildman–Crippen MR) is 139 cm³/mol. The van der Waals surface area contributed by atoms with Crippen molar-refractivity contribution in [2.45, 2.75) is 19.0 Å². The van der Waals surface area contributed by atoms with E-state index in [9.17, 15) is 9.59 Å². The second-order valence-electron chi connectivity index (χ2n) is 8.45. The first-order chi connectivity index (χ1) is 16.9. The number of hydrogen-bond donors (Lipinski definition) is 0. The second kappa shape index (κ2) is 11.8. The second-order valence-corrected chi connectivity index (χ2v) is 9.78. The fourth-order valence-electron chi connectivity index (χ4n) is 4.28. The summed E-state index contributed by atoms with van der Waals surface area (Å²) in [4.78, 5) is 41.5. The smallest absolute Gasteiger partial charge is 0.409 e. The van der Waals surface area contributed by atoms with Crippen LogP contribution in [0.5, 0.6) is 0 Å². The molecule has 2 aromatic rings. The Bertz CT molecular complexity index is 1040. The SMILES string of the molecule is CCOC(=O)N1CCN(C(=O)CSc2nc(Cl)cc(N3CCN(c4ccccc4C)CC3)n2)CC1. The fourth-order valence-corrected chi connectivity index (χ4v) is 5.26. The summed E-state index contributed by atoms with van der Waals surface area (Å²) in [7, 11) is 0. The molecular weight excluding hydrogens is 488 g/mol.